The molecule has 2 aliphatic rings. The second kappa shape index (κ2) is 6.76. The van der Waals surface area contributed by atoms with Gasteiger partial charge in [-0.25, -0.2) is 14.7 Å². The fourth-order valence-electron chi connectivity index (χ4n) is 3.07. The van der Waals surface area contributed by atoms with Crippen LogP contribution >= 0.6 is 11.6 Å². The number of benzene rings is 1. The third-order valence-corrected chi connectivity index (χ3v) is 4.48. The topological polar surface area (TPSA) is 61.9 Å². The molecule has 1 N–H and O–H groups in total. The quantitative estimate of drug-likeness (QED) is 0.918. The van der Waals surface area contributed by atoms with Gasteiger partial charge in [0.25, 0.3) is 0 Å². The number of hydrogen-bond acceptors (Lipinski definition) is 3. The van der Waals surface area contributed by atoms with Gasteiger partial charge in [-0.1, -0.05) is 24.4 Å². The molecule has 0 unspecified atom stereocenters. The molecule has 1 aromatic carbocycles. The maximum atomic E-state index is 12.3. The summed E-state index contributed by atoms with van der Waals surface area (Å²) in [5, 5.41) is 4.76. The van der Waals surface area contributed by atoms with Crippen LogP contribution in [0.2, 0.25) is 5.02 Å². The molecule has 3 amide bonds. The Bertz CT molecular complexity index is 587. The first-order valence-corrected chi connectivity index (χ1v) is 8.21. The zero-order chi connectivity index (χ0) is 16.4. The van der Waals surface area contributed by atoms with Crippen molar-refractivity contribution < 1.29 is 14.4 Å². The molecule has 0 spiro atoms. The first-order chi connectivity index (χ1) is 11.0. The Balaban J connectivity index is 1.69. The van der Waals surface area contributed by atoms with Crippen molar-refractivity contribution in [2.45, 2.75) is 44.4 Å². The molecule has 6 nitrogen and oxygen atoms in total. The van der Waals surface area contributed by atoms with E-state index >= 15 is 0 Å². The number of nitrogens with one attached hydrogen (secondary N) is 1. The molecule has 23 heavy (non-hydrogen) atoms. The lowest BCUT2D eigenvalue weighted by Gasteiger charge is -2.21. The Labute approximate surface area is 140 Å². The molecule has 1 aliphatic carbocycles. The number of amides is 3. The number of anilines is 1. The van der Waals surface area contributed by atoms with E-state index in [0.29, 0.717) is 10.7 Å². The molecule has 1 atom stereocenters. The average molecular weight is 338 g/mol. The van der Waals surface area contributed by atoms with Crippen LogP contribution in [0.1, 0.15) is 32.1 Å². The molecular weight excluding hydrogens is 318 g/mol. The first-order valence-electron chi connectivity index (χ1n) is 7.83. The van der Waals surface area contributed by atoms with Crippen LogP contribution in [0.15, 0.2) is 24.3 Å². The van der Waals surface area contributed by atoms with Gasteiger partial charge in [-0.3, -0.25) is 9.69 Å². The predicted molar refractivity (Wildman–Crippen MR) is 87.0 cm³/mol. The number of halogens is 1. The third kappa shape index (κ3) is 3.59. The summed E-state index contributed by atoms with van der Waals surface area (Å²) in [6.07, 6.45) is 3.82. The summed E-state index contributed by atoms with van der Waals surface area (Å²) >= 11 is 5.89. The molecule has 0 bridgehead atoms. The monoisotopic (exact) mass is 337 g/mol. The standard InChI is InChI=1S/C16H20ClN3O3/c1-19-16(22)20(13-8-6-11(17)7-9-13)15(23-19)10-14(21)18-12-4-2-3-5-12/h6-9,12,15H,2-5,10H2,1H3,(H,18,21)/t15-/m0/s1. The Morgan fingerprint density at radius 2 is 1.96 bits per heavy atom. The number of hydroxylamine groups is 2. The summed E-state index contributed by atoms with van der Waals surface area (Å²) in [5.74, 6) is -0.0936. The van der Waals surface area contributed by atoms with Crippen molar-refractivity contribution in [3.63, 3.8) is 0 Å². The Hall–Kier alpha value is -1.79. The summed E-state index contributed by atoms with van der Waals surface area (Å²) in [4.78, 5) is 31.5. The molecule has 1 saturated heterocycles. The van der Waals surface area contributed by atoms with Gasteiger partial charge in [0.15, 0.2) is 6.23 Å². The number of carbonyl (C=O) groups is 2. The van der Waals surface area contributed by atoms with E-state index in [1.807, 2.05) is 0 Å². The normalized spacial score (nSPS) is 22.0. The Kier molecular flexibility index (Phi) is 4.73. The second-order valence-electron chi connectivity index (χ2n) is 5.94. The minimum Gasteiger partial charge on any atom is -0.353 e. The third-order valence-electron chi connectivity index (χ3n) is 4.23. The zero-order valence-electron chi connectivity index (χ0n) is 13.0. The van der Waals surface area contributed by atoms with Gasteiger partial charge in [0.2, 0.25) is 5.91 Å². The summed E-state index contributed by atoms with van der Waals surface area (Å²) in [6, 6.07) is 6.85. The van der Waals surface area contributed by atoms with Crippen molar-refractivity contribution in [3.05, 3.63) is 29.3 Å². The largest absolute Gasteiger partial charge is 0.353 e. The smallest absolute Gasteiger partial charge is 0.350 e. The molecule has 1 aliphatic heterocycles. The van der Waals surface area contributed by atoms with E-state index in [4.69, 9.17) is 16.4 Å². The van der Waals surface area contributed by atoms with Crippen LogP contribution in [0.3, 0.4) is 0 Å². The van der Waals surface area contributed by atoms with E-state index in [2.05, 4.69) is 5.32 Å². The summed E-state index contributed by atoms with van der Waals surface area (Å²) in [7, 11) is 1.54. The second-order valence-corrected chi connectivity index (χ2v) is 6.38. The van der Waals surface area contributed by atoms with E-state index in [0.717, 1.165) is 30.7 Å². The summed E-state index contributed by atoms with van der Waals surface area (Å²) < 4.78 is 0. The number of urea groups is 1. The number of nitrogens with zero attached hydrogens (tertiary/aromatic N) is 2. The van der Waals surface area contributed by atoms with Crippen LogP contribution in [-0.4, -0.2) is 36.3 Å². The van der Waals surface area contributed by atoms with E-state index in [1.165, 1.54) is 4.90 Å². The fourth-order valence-corrected chi connectivity index (χ4v) is 3.20. The molecule has 7 heteroatoms. The van der Waals surface area contributed by atoms with Crippen LogP contribution in [0.5, 0.6) is 0 Å². The van der Waals surface area contributed by atoms with Crippen molar-refractivity contribution >= 4 is 29.2 Å². The molecular formula is C16H20ClN3O3. The fraction of sp³-hybridized carbons (Fsp3) is 0.500. The highest BCUT2D eigenvalue weighted by Gasteiger charge is 2.39. The van der Waals surface area contributed by atoms with Crippen LogP contribution in [0, 0.1) is 0 Å². The molecule has 124 valence electrons. The van der Waals surface area contributed by atoms with Crippen LogP contribution in [0.25, 0.3) is 0 Å². The van der Waals surface area contributed by atoms with Gasteiger partial charge in [0.05, 0.1) is 6.42 Å². The lowest BCUT2D eigenvalue weighted by molar-refractivity contribution is -0.133. The summed E-state index contributed by atoms with van der Waals surface area (Å²) in [6.45, 7) is 0. The highest BCUT2D eigenvalue weighted by molar-refractivity contribution is 6.30. The van der Waals surface area contributed by atoms with Gasteiger partial charge in [-0.05, 0) is 37.1 Å². The van der Waals surface area contributed by atoms with Crippen molar-refractivity contribution in [2.75, 3.05) is 11.9 Å². The minimum absolute atomic E-state index is 0.0936. The Morgan fingerprint density at radius 3 is 2.61 bits per heavy atom. The molecule has 0 aromatic heterocycles. The average Bonchev–Trinajstić information content (AvgIpc) is 3.10. The molecule has 0 radical (unpaired) electrons. The van der Waals surface area contributed by atoms with Crippen LogP contribution in [-0.2, 0) is 9.63 Å². The van der Waals surface area contributed by atoms with Crippen LogP contribution < -0.4 is 10.2 Å². The molecule has 2 fully saturated rings. The SMILES string of the molecule is CN1O[C@@H](CC(=O)NC2CCCC2)N(c2ccc(Cl)cc2)C1=O. The summed E-state index contributed by atoms with van der Waals surface area (Å²) in [5.41, 5.74) is 0.655. The Morgan fingerprint density at radius 1 is 1.30 bits per heavy atom. The van der Waals surface area contributed by atoms with Gasteiger partial charge in [-0.15, -0.1) is 0 Å². The number of hydrogen-bond donors (Lipinski definition) is 1. The zero-order valence-corrected chi connectivity index (χ0v) is 13.8. The molecule has 1 saturated carbocycles. The predicted octanol–water partition coefficient (Wildman–Crippen LogP) is 2.92. The maximum Gasteiger partial charge on any atom is 0.350 e. The van der Waals surface area contributed by atoms with E-state index in [1.54, 1.807) is 31.3 Å². The van der Waals surface area contributed by atoms with Gasteiger partial charge in [0, 0.05) is 23.8 Å². The van der Waals surface area contributed by atoms with Crippen molar-refractivity contribution in [3.8, 4) is 0 Å². The highest BCUT2D eigenvalue weighted by Crippen LogP contribution is 2.28. The molecule has 1 aromatic rings. The van der Waals surface area contributed by atoms with Gasteiger partial charge in [-0.2, -0.15) is 0 Å². The van der Waals surface area contributed by atoms with Crippen molar-refractivity contribution in [1.29, 1.82) is 0 Å². The molecule has 3 rings (SSSR count). The lowest BCUT2D eigenvalue weighted by Crippen LogP contribution is -2.40. The van der Waals surface area contributed by atoms with E-state index in [9.17, 15) is 9.59 Å². The lowest BCUT2D eigenvalue weighted by atomic mass is 10.2. The van der Waals surface area contributed by atoms with Gasteiger partial charge in [0.1, 0.15) is 0 Å². The number of carbonyl (C=O) groups excluding carboxylic acids is 2. The van der Waals surface area contributed by atoms with Gasteiger partial charge >= 0.3 is 6.03 Å². The van der Waals surface area contributed by atoms with Gasteiger partial charge < -0.3 is 5.32 Å². The molecule has 1 heterocycles. The maximum absolute atomic E-state index is 12.3. The highest BCUT2D eigenvalue weighted by atomic mass is 35.5. The number of rotatable bonds is 4. The van der Waals surface area contributed by atoms with Crippen molar-refractivity contribution in [1.82, 2.24) is 10.4 Å². The van der Waals surface area contributed by atoms with Crippen molar-refractivity contribution in [2.24, 2.45) is 0 Å². The first kappa shape index (κ1) is 16.1. The van der Waals surface area contributed by atoms with E-state index in [-0.39, 0.29) is 24.4 Å². The van der Waals surface area contributed by atoms with Crippen LogP contribution in [0.4, 0.5) is 10.5 Å². The van der Waals surface area contributed by atoms with E-state index < -0.39 is 6.23 Å². The minimum atomic E-state index is -0.643.